The molecule has 1 aromatic heterocycles. The van der Waals surface area contributed by atoms with Crippen LogP contribution in [0.5, 0.6) is 17.2 Å². The van der Waals surface area contributed by atoms with E-state index in [1.165, 1.54) is 43.5 Å². The summed E-state index contributed by atoms with van der Waals surface area (Å²) in [5, 5.41) is 16.7. The first-order chi connectivity index (χ1) is 16.4. The zero-order valence-corrected chi connectivity index (χ0v) is 19.8. The molecule has 2 aromatic carbocycles. The number of rotatable bonds is 6. The van der Waals surface area contributed by atoms with Crippen molar-refractivity contribution in [3.63, 3.8) is 0 Å². The summed E-state index contributed by atoms with van der Waals surface area (Å²) in [5.74, 6) is 0.229. The molecule has 0 radical (unpaired) electrons. The van der Waals surface area contributed by atoms with Crippen LogP contribution < -0.4 is 20.2 Å². The highest BCUT2D eigenvalue weighted by Crippen LogP contribution is 2.30. The van der Waals surface area contributed by atoms with Crippen LogP contribution in [-0.4, -0.2) is 35.0 Å². The molecule has 34 heavy (non-hydrogen) atoms. The molecule has 2 N–H and O–H groups in total. The molecule has 1 saturated carbocycles. The molecule has 0 spiro atoms. The second-order valence-electron chi connectivity index (χ2n) is 8.24. The quantitative estimate of drug-likeness (QED) is 0.559. The van der Waals surface area contributed by atoms with E-state index in [0.29, 0.717) is 29.6 Å². The maximum absolute atomic E-state index is 12.6. The number of nitrogens with zero attached hydrogens (tertiary/aromatic N) is 2. The van der Waals surface area contributed by atoms with Crippen LogP contribution in [0, 0.1) is 12.8 Å². The van der Waals surface area contributed by atoms with Crippen molar-refractivity contribution >= 4 is 11.6 Å². The summed E-state index contributed by atoms with van der Waals surface area (Å²) in [4.78, 5) is 24.7. The van der Waals surface area contributed by atoms with E-state index in [-0.39, 0.29) is 5.69 Å². The third kappa shape index (κ3) is 6.60. The van der Waals surface area contributed by atoms with Crippen LogP contribution >= 0.6 is 0 Å². The van der Waals surface area contributed by atoms with Crippen LogP contribution in [0.2, 0.25) is 0 Å². The highest BCUT2D eigenvalue weighted by molar-refractivity contribution is 6.03. The molecule has 0 bridgehead atoms. The van der Waals surface area contributed by atoms with Gasteiger partial charge < -0.3 is 19.9 Å². The SMILES string of the molecule is COc1ccc(NC(=O)c2nn(CC3CCCC3)cc(O)c2=O)cc1OC.Cc1ccccc1. The third-order valence-corrected chi connectivity index (χ3v) is 5.66. The van der Waals surface area contributed by atoms with Crippen LogP contribution in [-0.2, 0) is 6.54 Å². The van der Waals surface area contributed by atoms with Crippen molar-refractivity contribution in [2.75, 3.05) is 19.5 Å². The van der Waals surface area contributed by atoms with Crippen LogP contribution in [0.1, 0.15) is 41.7 Å². The number of methoxy groups -OCH3 is 2. The van der Waals surface area contributed by atoms with E-state index in [2.05, 4.69) is 29.5 Å². The molecule has 8 nitrogen and oxygen atoms in total. The normalized spacial score (nSPS) is 13.0. The number of benzene rings is 2. The molecule has 1 amide bonds. The standard InChI is InChI=1S/C19H23N3O5.C7H8/c1-26-15-8-7-13(9-16(15)27-2)20-19(25)17-18(24)14(23)11-22(21-17)10-12-5-3-4-6-12;1-7-5-3-2-4-6-7/h7-9,11-12,23H,3-6,10H2,1-2H3,(H,20,25);2-6H,1H3. The van der Waals surface area contributed by atoms with Crippen molar-refractivity contribution in [3.05, 3.63) is 76.2 Å². The van der Waals surface area contributed by atoms with Crippen LogP contribution in [0.3, 0.4) is 0 Å². The van der Waals surface area contributed by atoms with E-state index < -0.39 is 17.1 Å². The van der Waals surface area contributed by atoms with Gasteiger partial charge in [-0.15, -0.1) is 0 Å². The zero-order valence-electron chi connectivity index (χ0n) is 19.8. The maximum Gasteiger partial charge on any atom is 0.280 e. The van der Waals surface area contributed by atoms with E-state index >= 15 is 0 Å². The van der Waals surface area contributed by atoms with Gasteiger partial charge in [0.05, 0.1) is 20.4 Å². The molecule has 3 aromatic rings. The van der Waals surface area contributed by atoms with E-state index in [1.54, 1.807) is 18.2 Å². The number of anilines is 1. The second kappa shape index (κ2) is 11.9. The number of carbonyl (C=O) groups is 1. The molecule has 4 rings (SSSR count). The lowest BCUT2D eigenvalue weighted by Crippen LogP contribution is -2.27. The minimum atomic E-state index is -0.796. The summed E-state index contributed by atoms with van der Waals surface area (Å²) in [6.07, 6.45) is 5.80. The second-order valence-corrected chi connectivity index (χ2v) is 8.24. The monoisotopic (exact) mass is 465 g/mol. The van der Waals surface area contributed by atoms with E-state index in [9.17, 15) is 14.7 Å². The fourth-order valence-electron chi connectivity index (χ4n) is 3.86. The molecule has 1 aliphatic rings. The van der Waals surface area contributed by atoms with E-state index in [4.69, 9.17) is 9.47 Å². The Balaban J connectivity index is 0.000000396. The van der Waals surface area contributed by atoms with Gasteiger partial charge in [0.15, 0.2) is 22.9 Å². The van der Waals surface area contributed by atoms with Crippen molar-refractivity contribution in [2.24, 2.45) is 5.92 Å². The molecular formula is C26H31N3O5. The Morgan fingerprint density at radius 3 is 2.35 bits per heavy atom. The average Bonchev–Trinajstić information content (AvgIpc) is 3.35. The largest absolute Gasteiger partial charge is 0.503 e. The van der Waals surface area contributed by atoms with Crippen LogP contribution in [0.4, 0.5) is 5.69 Å². The fourth-order valence-corrected chi connectivity index (χ4v) is 3.86. The smallest absolute Gasteiger partial charge is 0.280 e. The lowest BCUT2D eigenvalue weighted by molar-refractivity contribution is 0.101. The van der Waals surface area contributed by atoms with Crippen molar-refractivity contribution in [3.8, 4) is 17.2 Å². The number of nitrogens with one attached hydrogen (secondary N) is 1. The minimum absolute atomic E-state index is 0.345. The number of carbonyl (C=O) groups excluding carboxylic acids is 1. The van der Waals surface area contributed by atoms with Crippen molar-refractivity contribution in [1.29, 1.82) is 0 Å². The van der Waals surface area contributed by atoms with Gasteiger partial charge in [-0.05, 0) is 37.8 Å². The predicted molar refractivity (Wildman–Crippen MR) is 131 cm³/mol. The topological polar surface area (TPSA) is 103 Å². The summed E-state index contributed by atoms with van der Waals surface area (Å²) in [7, 11) is 3.00. The molecule has 1 heterocycles. The van der Waals surface area contributed by atoms with Gasteiger partial charge >= 0.3 is 0 Å². The van der Waals surface area contributed by atoms with Crippen LogP contribution in [0.25, 0.3) is 0 Å². The molecule has 0 atom stereocenters. The highest BCUT2D eigenvalue weighted by atomic mass is 16.5. The number of hydrogen-bond acceptors (Lipinski definition) is 6. The highest BCUT2D eigenvalue weighted by Gasteiger charge is 2.20. The third-order valence-electron chi connectivity index (χ3n) is 5.66. The Morgan fingerprint density at radius 1 is 1.09 bits per heavy atom. The summed E-state index contributed by atoms with van der Waals surface area (Å²) in [5.41, 5.74) is 0.602. The van der Waals surface area contributed by atoms with Crippen LogP contribution in [0.15, 0.2) is 59.5 Å². The van der Waals surface area contributed by atoms with Gasteiger partial charge in [0, 0.05) is 18.3 Å². The first kappa shape index (κ1) is 24.8. The van der Waals surface area contributed by atoms with Gasteiger partial charge in [-0.1, -0.05) is 48.7 Å². The van der Waals surface area contributed by atoms with E-state index in [0.717, 1.165) is 12.8 Å². The predicted octanol–water partition coefficient (Wildman–Crippen LogP) is 4.40. The molecule has 1 fully saturated rings. The average molecular weight is 466 g/mol. The molecular weight excluding hydrogens is 434 g/mol. The molecule has 8 heteroatoms. The fraction of sp³-hybridized carbons (Fsp3) is 0.346. The number of aromatic nitrogens is 2. The van der Waals surface area contributed by atoms with Crippen molar-refractivity contribution in [1.82, 2.24) is 9.78 Å². The van der Waals surface area contributed by atoms with Gasteiger partial charge in [0.2, 0.25) is 0 Å². The first-order valence-electron chi connectivity index (χ1n) is 11.3. The number of aryl methyl sites for hydroxylation is 1. The number of amides is 1. The van der Waals surface area contributed by atoms with Gasteiger partial charge in [0.1, 0.15) is 0 Å². The van der Waals surface area contributed by atoms with Gasteiger partial charge in [0.25, 0.3) is 11.3 Å². The lowest BCUT2D eigenvalue weighted by Gasteiger charge is -2.13. The van der Waals surface area contributed by atoms with Crippen molar-refractivity contribution in [2.45, 2.75) is 39.2 Å². The summed E-state index contributed by atoms with van der Waals surface area (Å²) in [6, 6.07) is 15.1. The minimum Gasteiger partial charge on any atom is -0.503 e. The molecule has 0 saturated heterocycles. The molecule has 180 valence electrons. The summed E-state index contributed by atoms with van der Waals surface area (Å²) < 4.78 is 11.8. The van der Waals surface area contributed by atoms with Gasteiger partial charge in [-0.25, -0.2) is 0 Å². The Labute approximate surface area is 199 Å². The Bertz CT molecular complexity index is 1150. The lowest BCUT2D eigenvalue weighted by atomic mass is 10.1. The van der Waals surface area contributed by atoms with Gasteiger partial charge in [-0.3, -0.25) is 14.3 Å². The Morgan fingerprint density at radius 2 is 1.76 bits per heavy atom. The summed E-state index contributed by atoms with van der Waals surface area (Å²) in [6.45, 7) is 2.66. The first-order valence-corrected chi connectivity index (χ1v) is 11.3. The number of aromatic hydroxyl groups is 1. The molecule has 0 unspecified atom stereocenters. The van der Waals surface area contributed by atoms with Crippen molar-refractivity contribution < 1.29 is 19.4 Å². The zero-order chi connectivity index (χ0) is 24.5. The molecule has 1 aliphatic carbocycles. The number of hydrogen-bond donors (Lipinski definition) is 2. The summed E-state index contributed by atoms with van der Waals surface area (Å²) >= 11 is 0. The van der Waals surface area contributed by atoms with Gasteiger partial charge in [-0.2, -0.15) is 5.10 Å². The Hall–Kier alpha value is -3.81. The molecule has 0 aliphatic heterocycles. The van der Waals surface area contributed by atoms with E-state index in [1.807, 2.05) is 18.2 Å². The Kier molecular flexibility index (Phi) is 8.67. The maximum atomic E-state index is 12.6. The number of ether oxygens (including phenoxy) is 2.